The molecule has 2 aliphatic heterocycles. The smallest absolute Gasteiger partial charge is 0.231 e. The second-order valence-corrected chi connectivity index (χ2v) is 6.36. The van der Waals surface area contributed by atoms with Gasteiger partial charge in [0.05, 0.1) is 18.2 Å². The zero-order chi connectivity index (χ0) is 18.8. The van der Waals surface area contributed by atoms with E-state index in [0.717, 1.165) is 0 Å². The first-order chi connectivity index (χ1) is 13.2. The first-order valence-electron chi connectivity index (χ1n) is 8.88. The van der Waals surface area contributed by atoms with Crippen molar-refractivity contribution in [3.05, 3.63) is 42.5 Å². The first kappa shape index (κ1) is 17.2. The second-order valence-electron chi connectivity index (χ2n) is 6.36. The quantitative estimate of drug-likeness (QED) is 0.878. The summed E-state index contributed by atoms with van der Waals surface area (Å²) < 4.78 is 16.2. The minimum Gasteiger partial charge on any atom is -0.492 e. The molecule has 140 valence electrons. The molecule has 1 saturated heterocycles. The van der Waals surface area contributed by atoms with Gasteiger partial charge in [0.25, 0.3) is 0 Å². The summed E-state index contributed by atoms with van der Waals surface area (Å²) in [5, 5.41) is 2.88. The summed E-state index contributed by atoms with van der Waals surface area (Å²) in [7, 11) is 0. The molecule has 0 bridgehead atoms. The summed E-state index contributed by atoms with van der Waals surface area (Å²) in [5.41, 5.74) is 1.31. The molecule has 0 spiro atoms. The Morgan fingerprint density at radius 1 is 1.22 bits per heavy atom. The maximum absolute atomic E-state index is 12.7. The van der Waals surface area contributed by atoms with Gasteiger partial charge in [0, 0.05) is 24.7 Å². The van der Waals surface area contributed by atoms with Crippen LogP contribution in [0.25, 0.3) is 0 Å². The van der Waals surface area contributed by atoms with Crippen molar-refractivity contribution in [2.24, 2.45) is 5.92 Å². The lowest BCUT2D eigenvalue weighted by molar-refractivity contribution is -0.122. The van der Waals surface area contributed by atoms with Crippen LogP contribution in [0.2, 0.25) is 0 Å². The van der Waals surface area contributed by atoms with Crippen LogP contribution in [-0.2, 0) is 9.59 Å². The van der Waals surface area contributed by atoms with Crippen LogP contribution < -0.4 is 24.4 Å². The number of benzene rings is 2. The lowest BCUT2D eigenvalue weighted by atomic mass is 10.1. The molecule has 2 heterocycles. The van der Waals surface area contributed by atoms with Gasteiger partial charge in [-0.1, -0.05) is 12.1 Å². The van der Waals surface area contributed by atoms with Crippen LogP contribution in [0, 0.1) is 5.92 Å². The Labute approximate surface area is 156 Å². The van der Waals surface area contributed by atoms with Crippen molar-refractivity contribution in [2.45, 2.75) is 13.3 Å². The summed E-state index contributed by atoms with van der Waals surface area (Å²) in [6, 6.07) is 12.6. The lowest BCUT2D eigenvalue weighted by Crippen LogP contribution is -2.28. The molecule has 2 aromatic rings. The molecule has 2 aromatic carbocycles. The highest BCUT2D eigenvalue weighted by molar-refractivity contribution is 6.04. The minimum atomic E-state index is -0.433. The molecule has 2 amide bonds. The van der Waals surface area contributed by atoms with Gasteiger partial charge in [-0.25, -0.2) is 0 Å². The summed E-state index contributed by atoms with van der Waals surface area (Å²) >= 11 is 0. The number of fused-ring (bicyclic) bond motifs is 1. The van der Waals surface area contributed by atoms with Crippen LogP contribution in [-0.4, -0.2) is 31.8 Å². The van der Waals surface area contributed by atoms with E-state index in [0.29, 0.717) is 41.8 Å². The Kier molecular flexibility index (Phi) is 4.58. The molecular weight excluding hydrogens is 348 g/mol. The summed E-state index contributed by atoms with van der Waals surface area (Å²) in [4.78, 5) is 26.8. The predicted octanol–water partition coefficient (Wildman–Crippen LogP) is 2.81. The van der Waals surface area contributed by atoms with Crippen molar-refractivity contribution in [1.29, 1.82) is 0 Å². The van der Waals surface area contributed by atoms with E-state index in [4.69, 9.17) is 14.2 Å². The number of ether oxygens (including phenoxy) is 3. The fourth-order valence-corrected chi connectivity index (χ4v) is 3.27. The van der Waals surface area contributed by atoms with Gasteiger partial charge in [-0.2, -0.15) is 0 Å². The van der Waals surface area contributed by atoms with Crippen molar-refractivity contribution < 1.29 is 23.8 Å². The van der Waals surface area contributed by atoms with E-state index >= 15 is 0 Å². The van der Waals surface area contributed by atoms with Crippen molar-refractivity contribution in [3.63, 3.8) is 0 Å². The molecule has 4 rings (SSSR count). The molecule has 1 N–H and O–H groups in total. The van der Waals surface area contributed by atoms with E-state index in [2.05, 4.69) is 5.32 Å². The fourth-order valence-electron chi connectivity index (χ4n) is 3.27. The highest BCUT2D eigenvalue weighted by Crippen LogP contribution is 2.37. The molecule has 1 unspecified atom stereocenters. The first-order valence-corrected chi connectivity index (χ1v) is 8.88. The zero-order valence-corrected chi connectivity index (χ0v) is 14.9. The van der Waals surface area contributed by atoms with Crippen molar-refractivity contribution in [1.82, 2.24) is 0 Å². The van der Waals surface area contributed by atoms with Gasteiger partial charge in [-0.3, -0.25) is 9.59 Å². The number of hydrogen-bond acceptors (Lipinski definition) is 5. The number of rotatable bonds is 5. The number of carbonyl (C=O) groups is 2. The SMILES string of the molecule is CCOc1ccccc1NC(=O)C1CC(=O)N(c2ccc3c(c2)OCO3)C1. The molecular formula is C20H20N2O5. The Hall–Kier alpha value is -3.22. The summed E-state index contributed by atoms with van der Waals surface area (Å²) in [6.07, 6.45) is 0.164. The highest BCUT2D eigenvalue weighted by atomic mass is 16.7. The van der Waals surface area contributed by atoms with Gasteiger partial charge in [-0.15, -0.1) is 0 Å². The third kappa shape index (κ3) is 3.40. The van der Waals surface area contributed by atoms with Crippen LogP contribution in [0.5, 0.6) is 17.2 Å². The molecule has 0 saturated carbocycles. The lowest BCUT2D eigenvalue weighted by Gasteiger charge is -2.17. The Bertz CT molecular complexity index is 882. The Morgan fingerprint density at radius 2 is 2.04 bits per heavy atom. The average Bonchev–Trinajstić information content (AvgIpc) is 3.29. The number of nitrogens with one attached hydrogen (secondary N) is 1. The highest BCUT2D eigenvalue weighted by Gasteiger charge is 2.36. The molecule has 0 aromatic heterocycles. The number of nitrogens with zero attached hydrogens (tertiary/aromatic N) is 1. The molecule has 1 fully saturated rings. The third-order valence-corrected chi connectivity index (χ3v) is 4.61. The van der Waals surface area contributed by atoms with Gasteiger partial charge in [-0.05, 0) is 31.2 Å². The minimum absolute atomic E-state index is 0.0906. The fraction of sp³-hybridized carbons (Fsp3) is 0.300. The van der Waals surface area contributed by atoms with Crippen LogP contribution in [0.15, 0.2) is 42.5 Å². The Balaban J connectivity index is 1.47. The topological polar surface area (TPSA) is 77.1 Å². The molecule has 1 atom stereocenters. The number of para-hydroxylation sites is 2. The maximum Gasteiger partial charge on any atom is 0.231 e. The Morgan fingerprint density at radius 3 is 2.89 bits per heavy atom. The van der Waals surface area contributed by atoms with Gasteiger partial charge in [0.1, 0.15) is 5.75 Å². The van der Waals surface area contributed by atoms with Gasteiger partial charge in [0.15, 0.2) is 11.5 Å². The van der Waals surface area contributed by atoms with Crippen molar-refractivity contribution >= 4 is 23.2 Å². The molecule has 7 heteroatoms. The van der Waals surface area contributed by atoms with Crippen molar-refractivity contribution in [2.75, 3.05) is 30.2 Å². The van der Waals surface area contributed by atoms with E-state index in [1.54, 1.807) is 35.2 Å². The number of carbonyl (C=O) groups excluding carboxylic acids is 2. The van der Waals surface area contributed by atoms with Gasteiger partial charge < -0.3 is 24.4 Å². The summed E-state index contributed by atoms with van der Waals surface area (Å²) in [6.45, 7) is 2.89. The monoisotopic (exact) mass is 368 g/mol. The predicted molar refractivity (Wildman–Crippen MR) is 99.3 cm³/mol. The van der Waals surface area contributed by atoms with Crippen LogP contribution >= 0.6 is 0 Å². The van der Waals surface area contributed by atoms with Crippen molar-refractivity contribution in [3.8, 4) is 17.2 Å². The van der Waals surface area contributed by atoms with Crippen LogP contribution in [0.1, 0.15) is 13.3 Å². The average molecular weight is 368 g/mol. The summed E-state index contributed by atoms with van der Waals surface area (Å²) in [5.74, 6) is 1.17. The molecule has 2 aliphatic rings. The second kappa shape index (κ2) is 7.19. The molecule has 27 heavy (non-hydrogen) atoms. The van der Waals surface area contributed by atoms with E-state index in [-0.39, 0.29) is 25.0 Å². The molecule has 7 nitrogen and oxygen atoms in total. The van der Waals surface area contributed by atoms with Gasteiger partial charge in [0.2, 0.25) is 18.6 Å². The molecule has 0 aliphatic carbocycles. The number of anilines is 2. The van der Waals surface area contributed by atoms with E-state index in [1.165, 1.54) is 0 Å². The number of amides is 2. The van der Waals surface area contributed by atoms with Gasteiger partial charge >= 0.3 is 0 Å². The third-order valence-electron chi connectivity index (χ3n) is 4.61. The normalized spacial score (nSPS) is 17.9. The zero-order valence-electron chi connectivity index (χ0n) is 14.9. The van der Waals surface area contributed by atoms with Crippen LogP contribution in [0.4, 0.5) is 11.4 Å². The maximum atomic E-state index is 12.7. The standard InChI is InChI=1S/C20H20N2O5/c1-2-25-16-6-4-3-5-15(16)21-20(24)13-9-19(23)22(11-13)14-7-8-17-18(10-14)27-12-26-17/h3-8,10,13H,2,9,11-12H2,1H3,(H,21,24). The molecule has 0 radical (unpaired) electrons. The van der Waals surface area contributed by atoms with E-state index < -0.39 is 5.92 Å². The number of hydrogen-bond donors (Lipinski definition) is 1. The largest absolute Gasteiger partial charge is 0.492 e. The van der Waals surface area contributed by atoms with E-state index in [9.17, 15) is 9.59 Å². The van der Waals surface area contributed by atoms with E-state index in [1.807, 2.05) is 19.1 Å². The van der Waals surface area contributed by atoms with Crippen LogP contribution in [0.3, 0.4) is 0 Å².